The number of aromatic nitrogens is 3. The van der Waals surface area contributed by atoms with E-state index in [1.165, 1.54) is 11.8 Å². The Morgan fingerprint density at radius 2 is 2.00 bits per heavy atom. The molecule has 2 aromatic heterocycles. The van der Waals surface area contributed by atoms with Crippen molar-refractivity contribution in [2.45, 2.75) is 51.0 Å². The third-order valence-corrected chi connectivity index (χ3v) is 5.79. The number of aryl methyl sites for hydroxylation is 1. The topological polar surface area (TPSA) is 46.0 Å². The Bertz CT molecular complexity index is 766. The summed E-state index contributed by atoms with van der Waals surface area (Å²) in [6.45, 7) is 4.52. The number of hydrogen-bond acceptors (Lipinski definition) is 4. The highest BCUT2D eigenvalue weighted by Crippen LogP contribution is 2.30. The highest BCUT2D eigenvalue weighted by molar-refractivity contribution is 5.10. The number of piperidine rings is 1. The van der Waals surface area contributed by atoms with Gasteiger partial charge in [0.15, 0.2) is 5.69 Å². The minimum atomic E-state index is -4.36. The minimum Gasteiger partial charge on any atom is -0.334 e. The van der Waals surface area contributed by atoms with Gasteiger partial charge in [-0.05, 0) is 56.4 Å². The number of imidazole rings is 1. The fourth-order valence-corrected chi connectivity index (χ4v) is 4.20. The van der Waals surface area contributed by atoms with E-state index in [2.05, 4.69) is 26.3 Å². The lowest BCUT2D eigenvalue weighted by molar-refractivity contribution is -0.141. The van der Waals surface area contributed by atoms with E-state index in [-0.39, 0.29) is 0 Å². The van der Waals surface area contributed by atoms with E-state index in [4.69, 9.17) is 0 Å². The number of fused-ring (bicyclic) bond motifs is 1. The van der Waals surface area contributed by atoms with Crippen molar-refractivity contribution in [2.24, 2.45) is 5.92 Å². The fourth-order valence-electron chi connectivity index (χ4n) is 4.20. The second-order valence-electron chi connectivity index (χ2n) is 7.92. The van der Waals surface area contributed by atoms with Crippen LogP contribution < -0.4 is 5.32 Å². The molecule has 0 aliphatic carbocycles. The Labute approximate surface area is 163 Å². The lowest BCUT2D eigenvalue weighted by atomic mass is 9.97. The maximum Gasteiger partial charge on any atom is 0.434 e. The first-order chi connectivity index (χ1) is 13.5. The number of nitrogens with zero attached hydrogens (tertiary/aromatic N) is 4. The van der Waals surface area contributed by atoms with Gasteiger partial charge in [-0.3, -0.25) is 9.88 Å². The van der Waals surface area contributed by atoms with Crippen LogP contribution in [0.25, 0.3) is 0 Å². The summed E-state index contributed by atoms with van der Waals surface area (Å²) in [6.07, 6.45) is 4.22. The van der Waals surface area contributed by atoms with Gasteiger partial charge in [0.05, 0.1) is 0 Å². The summed E-state index contributed by atoms with van der Waals surface area (Å²) in [5, 5.41) is 3.65. The van der Waals surface area contributed by atoms with Gasteiger partial charge in [-0.15, -0.1) is 0 Å². The summed E-state index contributed by atoms with van der Waals surface area (Å²) < 4.78 is 40.2. The standard InChI is InChI=1S/C20H26F3N5/c21-20(22,23)18-14-28-13-16(3-4-19(28)26-18)11-25-17-5-8-27(9-6-17)12-15-2-1-7-24-10-15/h1-2,7,10,14,16-17,25H,3-6,8-9,11-13H2/t16-/m1/s1. The van der Waals surface area contributed by atoms with Crippen molar-refractivity contribution in [3.8, 4) is 0 Å². The Hall–Kier alpha value is -1.93. The smallest absolute Gasteiger partial charge is 0.334 e. The number of halogens is 3. The third kappa shape index (κ3) is 4.72. The molecule has 1 N–H and O–H groups in total. The molecule has 8 heteroatoms. The van der Waals surface area contributed by atoms with Crippen LogP contribution in [-0.4, -0.2) is 45.1 Å². The molecule has 0 saturated carbocycles. The second-order valence-corrected chi connectivity index (χ2v) is 7.92. The molecule has 2 aliphatic heterocycles. The van der Waals surface area contributed by atoms with E-state index in [1.807, 2.05) is 12.3 Å². The van der Waals surface area contributed by atoms with E-state index >= 15 is 0 Å². The first kappa shape index (κ1) is 19.4. The predicted molar refractivity (Wildman–Crippen MR) is 99.6 cm³/mol. The summed E-state index contributed by atoms with van der Waals surface area (Å²) in [5.41, 5.74) is 0.475. The zero-order chi connectivity index (χ0) is 19.6. The zero-order valence-electron chi connectivity index (χ0n) is 15.8. The van der Waals surface area contributed by atoms with E-state index in [0.29, 0.717) is 30.7 Å². The first-order valence-corrected chi connectivity index (χ1v) is 9.95. The second kappa shape index (κ2) is 8.21. The van der Waals surface area contributed by atoms with Crippen LogP contribution in [0, 0.1) is 5.92 Å². The lowest BCUT2D eigenvalue weighted by Crippen LogP contribution is -2.44. The van der Waals surface area contributed by atoms with Crippen molar-refractivity contribution in [3.05, 3.63) is 47.8 Å². The Kier molecular flexibility index (Phi) is 5.68. The maximum atomic E-state index is 12.8. The molecule has 1 saturated heterocycles. The van der Waals surface area contributed by atoms with Gasteiger partial charge in [0, 0.05) is 44.1 Å². The molecule has 5 nitrogen and oxygen atoms in total. The van der Waals surface area contributed by atoms with Crippen LogP contribution in [0.2, 0.25) is 0 Å². The molecule has 4 heterocycles. The molecule has 1 fully saturated rings. The summed E-state index contributed by atoms with van der Waals surface area (Å²) in [5.74, 6) is 0.920. The van der Waals surface area contributed by atoms with Crippen LogP contribution in [0.4, 0.5) is 13.2 Å². The van der Waals surface area contributed by atoms with Gasteiger partial charge < -0.3 is 9.88 Å². The van der Waals surface area contributed by atoms with Gasteiger partial charge in [0.1, 0.15) is 5.82 Å². The van der Waals surface area contributed by atoms with Crippen molar-refractivity contribution in [3.63, 3.8) is 0 Å². The van der Waals surface area contributed by atoms with Crippen molar-refractivity contribution >= 4 is 0 Å². The largest absolute Gasteiger partial charge is 0.434 e. The van der Waals surface area contributed by atoms with Crippen molar-refractivity contribution in [1.29, 1.82) is 0 Å². The molecule has 0 unspecified atom stereocenters. The van der Waals surface area contributed by atoms with Crippen molar-refractivity contribution < 1.29 is 13.2 Å². The quantitative estimate of drug-likeness (QED) is 0.848. The monoisotopic (exact) mass is 393 g/mol. The van der Waals surface area contributed by atoms with Crippen LogP contribution in [-0.2, 0) is 25.7 Å². The molecule has 4 rings (SSSR count). The Morgan fingerprint density at radius 3 is 2.71 bits per heavy atom. The van der Waals surface area contributed by atoms with Crippen LogP contribution >= 0.6 is 0 Å². The summed E-state index contributed by atoms with van der Waals surface area (Å²) in [6, 6.07) is 4.56. The van der Waals surface area contributed by atoms with Crippen molar-refractivity contribution in [1.82, 2.24) is 24.8 Å². The van der Waals surface area contributed by atoms with Crippen LogP contribution in [0.1, 0.15) is 36.3 Å². The molecule has 2 aliphatic rings. The molecule has 2 aromatic rings. The molecular formula is C20H26F3N5. The van der Waals surface area contributed by atoms with Crippen LogP contribution in [0.15, 0.2) is 30.7 Å². The van der Waals surface area contributed by atoms with E-state index < -0.39 is 11.9 Å². The van der Waals surface area contributed by atoms with Crippen LogP contribution in [0.5, 0.6) is 0 Å². The van der Waals surface area contributed by atoms with E-state index in [1.54, 1.807) is 10.8 Å². The molecular weight excluding hydrogens is 367 g/mol. The molecule has 28 heavy (non-hydrogen) atoms. The highest BCUT2D eigenvalue weighted by Gasteiger charge is 2.35. The van der Waals surface area contributed by atoms with E-state index in [9.17, 15) is 13.2 Å². The zero-order valence-corrected chi connectivity index (χ0v) is 15.8. The van der Waals surface area contributed by atoms with Gasteiger partial charge in [-0.1, -0.05) is 6.07 Å². The van der Waals surface area contributed by atoms with Gasteiger partial charge in [0.25, 0.3) is 0 Å². The van der Waals surface area contributed by atoms with Crippen molar-refractivity contribution in [2.75, 3.05) is 19.6 Å². The first-order valence-electron chi connectivity index (χ1n) is 9.95. The highest BCUT2D eigenvalue weighted by atomic mass is 19.4. The molecule has 0 radical (unpaired) electrons. The minimum absolute atomic E-state index is 0.358. The normalized spacial score (nSPS) is 21.6. The summed E-state index contributed by atoms with van der Waals surface area (Å²) >= 11 is 0. The predicted octanol–water partition coefficient (Wildman–Crippen LogP) is 3.11. The van der Waals surface area contributed by atoms with Gasteiger partial charge in [0.2, 0.25) is 0 Å². The number of hydrogen-bond donors (Lipinski definition) is 1. The third-order valence-electron chi connectivity index (χ3n) is 5.79. The fraction of sp³-hybridized carbons (Fsp3) is 0.600. The molecule has 152 valence electrons. The molecule has 1 atom stereocenters. The lowest BCUT2D eigenvalue weighted by Gasteiger charge is -2.33. The van der Waals surface area contributed by atoms with E-state index in [0.717, 1.165) is 45.4 Å². The summed E-state index contributed by atoms with van der Waals surface area (Å²) in [4.78, 5) is 10.4. The number of alkyl halides is 3. The number of nitrogens with one attached hydrogen (secondary N) is 1. The Balaban J connectivity index is 1.21. The molecule has 0 spiro atoms. The van der Waals surface area contributed by atoms with Gasteiger partial charge in [-0.25, -0.2) is 4.98 Å². The molecule has 0 amide bonds. The molecule has 0 bridgehead atoms. The summed E-state index contributed by atoms with van der Waals surface area (Å²) in [7, 11) is 0. The average molecular weight is 393 g/mol. The van der Waals surface area contributed by atoms with Gasteiger partial charge in [-0.2, -0.15) is 13.2 Å². The number of pyridine rings is 1. The SMILES string of the molecule is FC(F)(F)c1cn2c(n1)CC[C@H](CNC1CCN(Cc3cccnc3)CC1)C2. The maximum absolute atomic E-state index is 12.8. The molecule has 0 aromatic carbocycles. The van der Waals surface area contributed by atoms with Crippen LogP contribution in [0.3, 0.4) is 0 Å². The number of likely N-dealkylation sites (tertiary alicyclic amines) is 1. The number of rotatable bonds is 5. The Morgan fingerprint density at radius 1 is 1.18 bits per heavy atom. The average Bonchev–Trinajstić information content (AvgIpc) is 3.12. The van der Waals surface area contributed by atoms with Gasteiger partial charge >= 0.3 is 6.18 Å².